The van der Waals surface area contributed by atoms with E-state index in [-0.39, 0.29) is 12.0 Å². The van der Waals surface area contributed by atoms with Crippen molar-refractivity contribution in [3.8, 4) is 0 Å². The molecule has 104 valence electrons. The maximum atomic E-state index is 11.4. The van der Waals surface area contributed by atoms with Crippen LogP contribution in [0, 0.1) is 5.92 Å². The fraction of sp³-hybridized carbons (Fsp3) is 0.500. The standard InChI is InChI=1S/C14H17Cl2NO2/c1-8-5-6-17(13(8)14(18)19)9(2)11-4-3-10(15)7-12(11)16/h3-4,7-9,13H,5-6H2,1-2H3,(H,18,19). The van der Waals surface area contributed by atoms with Gasteiger partial charge in [0.05, 0.1) is 0 Å². The quantitative estimate of drug-likeness (QED) is 0.922. The Morgan fingerprint density at radius 3 is 2.74 bits per heavy atom. The molecule has 19 heavy (non-hydrogen) atoms. The van der Waals surface area contributed by atoms with Crippen LogP contribution in [0.3, 0.4) is 0 Å². The van der Waals surface area contributed by atoms with Crippen LogP contribution in [0.1, 0.15) is 31.9 Å². The Morgan fingerprint density at radius 2 is 2.16 bits per heavy atom. The van der Waals surface area contributed by atoms with E-state index in [1.54, 1.807) is 12.1 Å². The highest BCUT2D eigenvalue weighted by Gasteiger charge is 2.39. The first-order valence-corrected chi connectivity index (χ1v) is 7.11. The minimum atomic E-state index is -0.762. The molecular weight excluding hydrogens is 285 g/mol. The number of nitrogens with zero attached hydrogens (tertiary/aromatic N) is 1. The number of rotatable bonds is 3. The molecule has 0 bridgehead atoms. The van der Waals surface area contributed by atoms with Crippen molar-refractivity contribution in [2.24, 2.45) is 5.92 Å². The summed E-state index contributed by atoms with van der Waals surface area (Å²) >= 11 is 12.1. The van der Waals surface area contributed by atoms with E-state index in [0.717, 1.165) is 18.5 Å². The Bertz CT molecular complexity index is 492. The Kier molecular flexibility index (Phi) is 4.39. The third-order valence-corrected chi connectivity index (χ3v) is 4.46. The van der Waals surface area contributed by atoms with Gasteiger partial charge in [0.25, 0.3) is 0 Å². The summed E-state index contributed by atoms with van der Waals surface area (Å²) < 4.78 is 0. The second-order valence-electron chi connectivity index (χ2n) is 5.13. The van der Waals surface area contributed by atoms with Crippen molar-refractivity contribution in [1.82, 2.24) is 4.90 Å². The first kappa shape index (κ1) is 14.6. The highest BCUT2D eigenvalue weighted by molar-refractivity contribution is 6.35. The maximum absolute atomic E-state index is 11.4. The molecule has 1 aliphatic rings. The van der Waals surface area contributed by atoms with Gasteiger partial charge in [-0.3, -0.25) is 9.69 Å². The van der Waals surface area contributed by atoms with Crippen molar-refractivity contribution in [3.05, 3.63) is 33.8 Å². The van der Waals surface area contributed by atoms with Gasteiger partial charge >= 0.3 is 5.97 Å². The summed E-state index contributed by atoms with van der Waals surface area (Å²) in [5.41, 5.74) is 0.923. The summed E-state index contributed by atoms with van der Waals surface area (Å²) in [6.07, 6.45) is 0.895. The number of carboxylic acid groups (broad SMARTS) is 1. The number of hydrogen-bond donors (Lipinski definition) is 1. The Balaban J connectivity index is 2.28. The second-order valence-corrected chi connectivity index (χ2v) is 5.97. The van der Waals surface area contributed by atoms with E-state index < -0.39 is 12.0 Å². The first-order valence-electron chi connectivity index (χ1n) is 6.35. The lowest BCUT2D eigenvalue weighted by molar-refractivity contribution is -0.144. The van der Waals surface area contributed by atoms with Crippen molar-refractivity contribution in [1.29, 1.82) is 0 Å². The highest BCUT2D eigenvalue weighted by Crippen LogP contribution is 2.36. The van der Waals surface area contributed by atoms with Gasteiger partial charge in [-0.25, -0.2) is 0 Å². The van der Waals surface area contributed by atoms with E-state index in [2.05, 4.69) is 0 Å². The topological polar surface area (TPSA) is 40.5 Å². The molecule has 2 rings (SSSR count). The number of likely N-dealkylation sites (tertiary alicyclic amines) is 1. The van der Waals surface area contributed by atoms with E-state index in [1.807, 2.05) is 24.8 Å². The molecule has 1 aromatic carbocycles. The predicted molar refractivity (Wildman–Crippen MR) is 76.8 cm³/mol. The van der Waals surface area contributed by atoms with E-state index in [0.29, 0.717) is 10.0 Å². The van der Waals surface area contributed by atoms with E-state index in [4.69, 9.17) is 23.2 Å². The van der Waals surface area contributed by atoms with Crippen LogP contribution in [0.25, 0.3) is 0 Å². The fourth-order valence-electron chi connectivity index (χ4n) is 2.82. The molecule has 0 radical (unpaired) electrons. The summed E-state index contributed by atoms with van der Waals surface area (Å²) in [5, 5.41) is 10.5. The van der Waals surface area contributed by atoms with Crippen molar-refractivity contribution in [3.63, 3.8) is 0 Å². The molecule has 3 atom stereocenters. The normalized spacial score (nSPS) is 25.5. The van der Waals surface area contributed by atoms with Gasteiger partial charge in [0.15, 0.2) is 0 Å². The van der Waals surface area contributed by atoms with Crippen molar-refractivity contribution < 1.29 is 9.90 Å². The molecule has 1 aliphatic heterocycles. The van der Waals surface area contributed by atoms with Crippen molar-refractivity contribution >= 4 is 29.2 Å². The highest BCUT2D eigenvalue weighted by atomic mass is 35.5. The predicted octanol–water partition coefficient (Wildman–Crippen LogP) is 3.85. The van der Waals surface area contributed by atoms with Gasteiger partial charge in [0.1, 0.15) is 6.04 Å². The molecule has 1 fully saturated rings. The number of aliphatic carboxylic acids is 1. The van der Waals surface area contributed by atoms with Gasteiger partial charge in [0.2, 0.25) is 0 Å². The lowest BCUT2D eigenvalue weighted by atomic mass is 10.0. The largest absolute Gasteiger partial charge is 0.480 e. The Hall–Kier alpha value is -0.770. The molecule has 0 saturated carbocycles. The van der Waals surface area contributed by atoms with Crippen LogP contribution in [0.15, 0.2) is 18.2 Å². The van der Waals surface area contributed by atoms with Crippen LogP contribution < -0.4 is 0 Å². The molecule has 0 amide bonds. The zero-order valence-electron chi connectivity index (χ0n) is 10.9. The number of hydrogen-bond acceptors (Lipinski definition) is 2. The molecule has 1 N–H and O–H groups in total. The number of carboxylic acids is 1. The van der Waals surface area contributed by atoms with E-state index in [9.17, 15) is 9.90 Å². The van der Waals surface area contributed by atoms with Gasteiger partial charge in [-0.1, -0.05) is 36.2 Å². The van der Waals surface area contributed by atoms with Gasteiger partial charge in [-0.2, -0.15) is 0 Å². The molecule has 3 unspecified atom stereocenters. The monoisotopic (exact) mass is 301 g/mol. The smallest absolute Gasteiger partial charge is 0.321 e. The molecule has 1 heterocycles. The molecular formula is C14H17Cl2NO2. The minimum absolute atomic E-state index is 0.0317. The number of halogens is 2. The molecule has 0 aliphatic carbocycles. The molecule has 0 spiro atoms. The third kappa shape index (κ3) is 2.88. The van der Waals surface area contributed by atoms with Crippen LogP contribution in [-0.2, 0) is 4.79 Å². The molecule has 0 aromatic heterocycles. The van der Waals surface area contributed by atoms with Gasteiger partial charge in [0, 0.05) is 16.1 Å². The molecule has 1 aromatic rings. The average Bonchev–Trinajstić information content (AvgIpc) is 2.70. The summed E-state index contributed by atoms with van der Waals surface area (Å²) in [7, 11) is 0. The first-order chi connectivity index (χ1) is 8.91. The summed E-state index contributed by atoms with van der Waals surface area (Å²) in [6, 6.07) is 4.88. The average molecular weight is 302 g/mol. The zero-order chi connectivity index (χ0) is 14.2. The Morgan fingerprint density at radius 1 is 1.47 bits per heavy atom. The van der Waals surface area contributed by atoms with Crippen molar-refractivity contribution in [2.75, 3.05) is 6.54 Å². The summed E-state index contributed by atoms with van der Waals surface area (Å²) in [4.78, 5) is 13.4. The third-order valence-electron chi connectivity index (χ3n) is 3.90. The zero-order valence-corrected chi connectivity index (χ0v) is 12.4. The van der Waals surface area contributed by atoms with Crippen LogP contribution in [0.5, 0.6) is 0 Å². The van der Waals surface area contributed by atoms with Gasteiger partial charge in [-0.05, 0) is 43.5 Å². The van der Waals surface area contributed by atoms with Gasteiger partial charge < -0.3 is 5.11 Å². The Labute approximate surface area is 123 Å². The SMILES string of the molecule is CC1CCN(C(C)c2ccc(Cl)cc2Cl)C1C(=O)O. The minimum Gasteiger partial charge on any atom is -0.480 e. The van der Waals surface area contributed by atoms with Crippen molar-refractivity contribution in [2.45, 2.75) is 32.4 Å². The maximum Gasteiger partial charge on any atom is 0.321 e. The lowest BCUT2D eigenvalue weighted by Crippen LogP contribution is -2.40. The van der Waals surface area contributed by atoms with Crippen LogP contribution in [0.2, 0.25) is 10.0 Å². The van der Waals surface area contributed by atoms with E-state index in [1.165, 1.54) is 0 Å². The van der Waals surface area contributed by atoms with Crippen LogP contribution >= 0.6 is 23.2 Å². The summed E-state index contributed by atoms with van der Waals surface area (Å²) in [6.45, 7) is 4.75. The molecule has 1 saturated heterocycles. The second kappa shape index (κ2) is 5.70. The van der Waals surface area contributed by atoms with E-state index >= 15 is 0 Å². The molecule has 5 heteroatoms. The number of carbonyl (C=O) groups is 1. The molecule has 3 nitrogen and oxygen atoms in total. The number of benzene rings is 1. The van der Waals surface area contributed by atoms with Gasteiger partial charge in [-0.15, -0.1) is 0 Å². The summed E-state index contributed by atoms with van der Waals surface area (Å²) in [5.74, 6) is -0.604. The fourth-order valence-corrected chi connectivity index (χ4v) is 3.38. The van der Waals surface area contributed by atoms with Crippen LogP contribution in [-0.4, -0.2) is 28.6 Å². The van der Waals surface area contributed by atoms with Crippen LogP contribution in [0.4, 0.5) is 0 Å². The lowest BCUT2D eigenvalue weighted by Gasteiger charge is -2.30.